The van der Waals surface area contributed by atoms with Gasteiger partial charge in [0.25, 0.3) is 0 Å². The molecule has 4 saturated carbocycles. The first kappa shape index (κ1) is 13.4. The van der Waals surface area contributed by atoms with Crippen LogP contribution in [0.1, 0.15) is 45.4 Å². The Kier molecular flexibility index (Phi) is 2.97. The Balaban J connectivity index is 1.75. The van der Waals surface area contributed by atoms with Gasteiger partial charge < -0.3 is 5.32 Å². The van der Waals surface area contributed by atoms with E-state index in [0.29, 0.717) is 0 Å². The van der Waals surface area contributed by atoms with Crippen LogP contribution in [-0.2, 0) is 14.6 Å². The van der Waals surface area contributed by atoms with Gasteiger partial charge in [-0.2, -0.15) is 0 Å². The number of carbonyl (C=O) groups is 1. The highest BCUT2D eigenvalue weighted by Crippen LogP contribution is 2.55. The van der Waals surface area contributed by atoms with E-state index < -0.39 is 15.1 Å². The summed E-state index contributed by atoms with van der Waals surface area (Å²) in [6.07, 6.45) is 8.25. The van der Waals surface area contributed by atoms with Gasteiger partial charge in [0.05, 0.1) is 0 Å². The van der Waals surface area contributed by atoms with Crippen LogP contribution in [-0.4, -0.2) is 31.4 Å². The van der Waals surface area contributed by atoms with E-state index in [1.165, 1.54) is 26.2 Å². The molecule has 0 heterocycles. The van der Waals surface area contributed by atoms with Crippen molar-refractivity contribution in [2.45, 2.75) is 56.2 Å². The summed E-state index contributed by atoms with van der Waals surface area (Å²) < 4.78 is 23.0. The van der Waals surface area contributed by atoms with E-state index in [2.05, 4.69) is 5.32 Å². The van der Waals surface area contributed by atoms with Gasteiger partial charge in [0.1, 0.15) is 5.25 Å². The van der Waals surface area contributed by atoms with Gasteiger partial charge in [0, 0.05) is 11.8 Å². The van der Waals surface area contributed by atoms with Crippen molar-refractivity contribution in [1.29, 1.82) is 0 Å². The molecule has 4 bridgehead atoms. The Morgan fingerprint density at radius 3 is 1.89 bits per heavy atom. The molecule has 19 heavy (non-hydrogen) atoms. The summed E-state index contributed by atoms with van der Waals surface area (Å²) in [5, 5.41) is 2.18. The van der Waals surface area contributed by atoms with Crippen LogP contribution in [0.5, 0.6) is 0 Å². The topological polar surface area (TPSA) is 63.2 Å². The molecular weight excluding hydrogens is 262 g/mol. The highest BCUT2D eigenvalue weighted by molar-refractivity contribution is 7.92. The molecule has 1 atom stereocenters. The summed E-state index contributed by atoms with van der Waals surface area (Å²) in [7, 11) is -3.30. The number of hydrogen-bond acceptors (Lipinski definition) is 3. The third-order valence-electron chi connectivity index (χ3n) is 5.44. The van der Waals surface area contributed by atoms with Crippen LogP contribution >= 0.6 is 0 Å². The van der Waals surface area contributed by atoms with E-state index in [-0.39, 0.29) is 11.4 Å². The molecule has 4 fully saturated rings. The molecule has 0 aliphatic heterocycles. The minimum Gasteiger partial charge on any atom is -0.350 e. The Morgan fingerprint density at radius 1 is 1.11 bits per heavy atom. The van der Waals surface area contributed by atoms with Gasteiger partial charge >= 0.3 is 0 Å². The molecule has 1 N–H and O–H groups in total. The molecule has 0 aromatic carbocycles. The van der Waals surface area contributed by atoms with E-state index >= 15 is 0 Å². The number of nitrogens with one attached hydrogen (secondary N) is 1. The second kappa shape index (κ2) is 4.21. The molecule has 4 rings (SSSR count). The minimum atomic E-state index is -3.30. The highest BCUT2D eigenvalue weighted by atomic mass is 32.2. The molecule has 0 unspecified atom stereocenters. The van der Waals surface area contributed by atoms with Crippen molar-refractivity contribution < 1.29 is 13.2 Å². The van der Waals surface area contributed by atoms with E-state index in [0.717, 1.165) is 43.3 Å². The fraction of sp³-hybridized carbons (Fsp3) is 0.929. The molecule has 4 nitrogen and oxygen atoms in total. The van der Waals surface area contributed by atoms with Crippen LogP contribution in [0.3, 0.4) is 0 Å². The molecule has 0 aromatic rings. The number of carbonyl (C=O) groups excluding carboxylic acids is 1. The van der Waals surface area contributed by atoms with Crippen molar-refractivity contribution in [3.63, 3.8) is 0 Å². The highest BCUT2D eigenvalue weighted by Gasteiger charge is 2.51. The van der Waals surface area contributed by atoms with Crippen molar-refractivity contribution in [2.24, 2.45) is 17.8 Å². The summed E-state index contributed by atoms with van der Waals surface area (Å²) in [6, 6.07) is 0. The van der Waals surface area contributed by atoms with Crippen LogP contribution in [0.4, 0.5) is 0 Å². The quantitative estimate of drug-likeness (QED) is 0.855. The maximum absolute atomic E-state index is 12.2. The molecule has 0 spiro atoms. The lowest BCUT2D eigenvalue weighted by molar-refractivity contribution is -0.126. The van der Waals surface area contributed by atoms with Crippen LogP contribution in [0.25, 0.3) is 0 Å². The molecule has 4 aliphatic carbocycles. The van der Waals surface area contributed by atoms with E-state index in [4.69, 9.17) is 0 Å². The normalized spacial score (nSPS) is 42.1. The van der Waals surface area contributed by atoms with E-state index in [9.17, 15) is 13.2 Å². The number of amides is 1. The van der Waals surface area contributed by atoms with E-state index in [1.54, 1.807) is 0 Å². The average molecular weight is 285 g/mol. The zero-order valence-corrected chi connectivity index (χ0v) is 12.5. The maximum atomic E-state index is 12.2. The Bertz CT molecular complexity index is 462. The first-order valence-electron chi connectivity index (χ1n) is 7.28. The van der Waals surface area contributed by atoms with Crippen LogP contribution in [0.2, 0.25) is 0 Å². The molecular formula is C14H23NO3S. The summed E-state index contributed by atoms with van der Waals surface area (Å²) in [5.74, 6) is 1.95. The third kappa shape index (κ3) is 2.41. The molecule has 1 amide bonds. The monoisotopic (exact) mass is 285 g/mol. The summed E-state index contributed by atoms with van der Waals surface area (Å²) in [4.78, 5) is 12.2. The maximum Gasteiger partial charge on any atom is 0.238 e. The van der Waals surface area contributed by atoms with Crippen molar-refractivity contribution >= 4 is 15.7 Å². The third-order valence-corrected chi connectivity index (χ3v) is 6.94. The van der Waals surface area contributed by atoms with Crippen LogP contribution < -0.4 is 5.32 Å². The Labute approximate surface area is 115 Å². The fourth-order valence-corrected chi connectivity index (χ4v) is 5.27. The zero-order valence-electron chi connectivity index (χ0n) is 11.7. The number of hydrogen-bond donors (Lipinski definition) is 1. The molecule has 0 radical (unpaired) electrons. The Hall–Kier alpha value is -0.580. The lowest BCUT2D eigenvalue weighted by atomic mass is 9.53. The van der Waals surface area contributed by atoms with Gasteiger partial charge in [-0.15, -0.1) is 0 Å². The van der Waals surface area contributed by atoms with E-state index in [1.807, 2.05) is 0 Å². The van der Waals surface area contributed by atoms with Crippen molar-refractivity contribution in [3.8, 4) is 0 Å². The van der Waals surface area contributed by atoms with Gasteiger partial charge in [-0.25, -0.2) is 8.42 Å². The average Bonchev–Trinajstić information content (AvgIpc) is 2.23. The van der Waals surface area contributed by atoms with Gasteiger partial charge in [-0.3, -0.25) is 4.79 Å². The van der Waals surface area contributed by atoms with Gasteiger partial charge in [-0.1, -0.05) is 0 Å². The molecule has 4 aliphatic rings. The smallest absolute Gasteiger partial charge is 0.238 e. The molecule has 0 saturated heterocycles. The first-order chi connectivity index (χ1) is 8.77. The minimum absolute atomic E-state index is 0.0925. The molecule has 108 valence electrons. The lowest BCUT2D eigenvalue weighted by Crippen LogP contribution is -2.61. The summed E-state index contributed by atoms with van der Waals surface area (Å²) in [5.41, 5.74) is -0.0925. The zero-order chi connectivity index (χ0) is 13.8. The predicted octanol–water partition coefficient (Wildman–Crippen LogP) is 1.50. The second-order valence-corrected chi connectivity index (χ2v) is 9.53. The predicted molar refractivity (Wildman–Crippen MR) is 73.4 cm³/mol. The van der Waals surface area contributed by atoms with Crippen molar-refractivity contribution in [2.75, 3.05) is 6.26 Å². The second-order valence-electron chi connectivity index (χ2n) is 7.16. The van der Waals surface area contributed by atoms with Gasteiger partial charge in [0.2, 0.25) is 5.91 Å². The van der Waals surface area contributed by atoms with Gasteiger partial charge in [0.15, 0.2) is 9.84 Å². The van der Waals surface area contributed by atoms with Gasteiger partial charge in [-0.05, 0) is 63.2 Å². The summed E-state index contributed by atoms with van der Waals surface area (Å²) in [6.45, 7) is 1.49. The number of rotatable bonds is 3. The Morgan fingerprint density at radius 2 is 1.53 bits per heavy atom. The van der Waals surface area contributed by atoms with Crippen LogP contribution in [0.15, 0.2) is 0 Å². The molecule has 0 aromatic heterocycles. The fourth-order valence-electron chi connectivity index (χ4n) is 4.82. The van der Waals surface area contributed by atoms with Crippen LogP contribution in [0, 0.1) is 17.8 Å². The lowest BCUT2D eigenvalue weighted by Gasteiger charge is -2.57. The SMILES string of the molecule is C[C@@H](C(=O)NC12CC3CC(CC(C3)C1)C2)S(C)(=O)=O. The largest absolute Gasteiger partial charge is 0.350 e. The van der Waals surface area contributed by atoms with Crippen molar-refractivity contribution in [1.82, 2.24) is 5.32 Å². The first-order valence-corrected chi connectivity index (χ1v) is 9.24. The summed E-state index contributed by atoms with van der Waals surface area (Å²) >= 11 is 0. The number of sulfone groups is 1. The standard InChI is InChI=1S/C14H23NO3S/c1-9(19(2,17)18)13(16)15-14-6-10-3-11(7-14)5-12(4-10)8-14/h9-12H,3-8H2,1-2H3,(H,15,16)/t9-,10?,11?,12?,14?/m0/s1. The molecule has 5 heteroatoms. The van der Waals surface area contributed by atoms with Crippen molar-refractivity contribution in [3.05, 3.63) is 0 Å².